The van der Waals surface area contributed by atoms with Gasteiger partial charge in [0.2, 0.25) is 5.91 Å². The van der Waals surface area contributed by atoms with E-state index in [0.29, 0.717) is 25.3 Å². The third-order valence-corrected chi connectivity index (χ3v) is 6.35. The fourth-order valence-electron chi connectivity index (χ4n) is 4.53. The molecule has 1 saturated carbocycles. The molecule has 2 aromatic rings. The average Bonchev–Trinajstić information content (AvgIpc) is 3.36. The van der Waals surface area contributed by atoms with Gasteiger partial charge in [0.15, 0.2) is 5.78 Å². The maximum absolute atomic E-state index is 12.8. The van der Waals surface area contributed by atoms with E-state index in [1.54, 1.807) is 19.2 Å². The quantitative estimate of drug-likeness (QED) is 0.406. The molecule has 7 heteroatoms. The summed E-state index contributed by atoms with van der Waals surface area (Å²) in [6.07, 6.45) is 11.6. The molecule has 1 aromatic heterocycles. The summed E-state index contributed by atoms with van der Waals surface area (Å²) in [5, 5.41) is 6.30. The molecule has 0 bridgehead atoms. The van der Waals surface area contributed by atoms with Crippen LogP contribution in [0.3, 0.4) is 0 Å². The van der Waals surface area contributed by atoms with Gasteiger partial charge in [0.05, 0.1) is 12.6 Å². The maximum atomic E-state index is 12.8. The zero-order valence-electron chi connectivity index (χ0n) is 24.6. The number of aliphatic imine (C=N–C) groups is 1. The van der Waals surface area contributed by atoms with Gasteiger partial charge in [-0.15, -0.1) is 0 Å². The van der Waals surface area contributed by atoms with Crippen LogP contribution in [0, 0.1) is 11.8 Å². The lowest BCUT2D eigenvalue weighted by Gasteiger charge is -2.17. The number of nitrogens with zero attached hydrogens (tertiary/aromatic N) is 2. The van der Waals surface area contributed by atoms with E-state index in [-0.39, 0.29) is 29.6 Å². The number of nitrogens with one attached hydrogen (secondary N) is 2. The van der Waals surface area contributed by atoms with Crippen molar-refractivity contribution >= 4 is 23.2 Å². The van der Waals surface area contributed by atoms with Crippen molar-refractivity contribution in [3.05, 3.63) is 95.7 Å². The van der Waals surface area contributed by atoms with Crippen LogP contribution in [0.1, 0.15) is 59.1 Å². The molecule has 0 spiro atoms. The van der Waals surface area contributed by atoms with E-state index in [1.165, 1.54) is 11.1 Å². The zero-order chi connectivity index (χ0) is 29.3. The van der Waals surface area contributed by atoms with E-state index in [0.717, 1.165) is 24.2 Å². The number of carbonyl (C=O) groups is 2. The number of pyridine rings is 1. The first-order chi connectivity index (χ1) is 19.4. The van der Waals surface area contributed by atoms with Crippen LogP contribution in [0.4, 0.5) is 5.82 Å². The van der Waals surface area contributed by atoms with E-state index in [1.807, 2.05) is 69.3 Å². The Bertz CT molecular complexity index is 1190. The largest absolute Gasteiger partial charge is 0.331 e. The molecule has 3 atom stereocenters. The molecule has 4 rings (SSSR count). The highest BCUT2D eigenvalue weighted by atomic mass is 16.2. The van der Waals surface area contributed by atoms with E-state index < -0.39 is 0 Å². The predicted octanol–water partition coefficient (Wildman–Crippen LogP) is 5.84. The summed E-state index contributed by atoms with van der Waals surface area (Å²) >= 11 is 0. The van der Waals surface area contributed by atoms with Gasteiger partial charge in [-0.1, -0.05) is 82.3 Å². The lowest BCUT2D eigenvalue weighted by molar-refractivity contribution is -0.120. The third kappa shape index (κ3) is 10.5. The average molecular weight is 544 g/mol. The maximum Gasteiger partial charge on any atom is 0.229 e. The Morgan fingerprint density at radius 2 is 1.73 bits per heavy atom. The SMILES string of the molecule is CC.CC(=O)C(NCC1=NC/C=C2/C[C@H](C(=O)Nc3ccccn3)C/C2=C/C(C)/C=C\1)c1ccccc1.CCN. The minimum absolute atomic E-state index is 0.000596. The monoisotopic (exact) mass is 543 g/mol. The van der Waals surface area contributed by atoms with Crippen LogP contribution in [-0.4, -0.2) is 42.0 Å². The van der Waals surface area contributed by atoms with E-state index in [4.69, 9.17) is 10.7 Å². The first-order valence-electron chi connectivity index (χ1n) is 14.2. The van der Waals surface area contributed by atoms with Crippen LogP contribution in [0.15, 0.2) is 95.2 Å². The molecule has 214 valence electrons. The number of Topliss-reactive ketones (excluding diaryl/α,β-unsaturated/α-hetero) is 1. The minimum atomic E-state index is -0.363. The van der Waals surface area contributed by atoms with Crippen LogP contribution >= 0.6 is 0 Å². The highest BCUT2D eigenvalue weighted by Gasteiger charge is 2.30. The van der Waals surface area contributed by atoms with Crippen molar-refractivity contribution in [2.45, 2.75) is 53.5 Å². The van der Waals surface area contributed by atoms with Gasteiger partial charge in [-0.3, -0.25) is 19.9 Å². The number of amides is 1. The van der Waals surface area contributed by atoms with Gasteiger partial charge < -0.3 is 11.1 Å². The molecular formula is C33H45N5O2. The summed E-state index contributed by atoms with van der Waals surface area (Å²) in [5.74, 6) is 0.742. The minimum Gasteiger partial charge on any atom is -0.331 e. The number of anilines is 1. The number of allylic oxidation sites excluding steroid dienone is 4. The highest BCUT2D eigenvalue weighted by Crippen LogP contribution is 2.37. The summed E-state index contributed by atoms with van der Waals surface area (Å²) < 4.78 is 0. The molecule has 1 aliphatic carbocycles. The van der Waals surface area contributed by atoms with Gasteiger partial charge >= 0.3 is 0 Å². The molecule has 4 N–H and O–H groups in total. The molecule has 1 aromatic carbocycles. The second kappa shape index (κ2) is 17.8. The van der Waals surface area contributed by atoms with Gasteiger partial charge in [-0.05, 0) is 67.1 Å². The van der Waals surface area contributed by atoms with Gasteiger partial charge in [-0.25, -0.2) is 4.98 Å². The lowest BCUT2D eigenvalue weighted by atomic mass is 10.0. The first-order valence-corrected chi connectivity index (χ1v) is 14.2. The fourth-order valence-corrected chi connectivity index (χ4v) is 4.53. The molecular weight excluding hydrogens is 498 g/mol. The van der Waals surface area contributed by atoms with Crippen LogP contribution in [0.25, 0.3) is 0 Å². The van der Waals surface area contributed by atoms with Crippen LogP contribution in [0.2, 0.25) is 0 Å². The zero-order valence-corrected chi connectivity index (χ0v) is 24.6. The van der Waals surface area contributed by atoms with Crippen molar-refractivity contribution in [1.29, 1.82) is 0 Å². The Kier molecular flexibility index (Phi) is 14.5. The normalized spacial score (nSPS) is 22.1. The van der Waals surface area contributed by atoms with E-state index in [9.17, 15) is 9.59 Å². The predicted molar refractivity (Wildman–Crippen MR) is 166 cm³/mol. The molecule has 1 amide bonds. The van der Waals surface area contributed by atoms with Crippen molar-refractivity contribution in [2.75, 3.05) is 25.0 Å². The van der Waals surface area contributed by atoms with E-state index >= 15 is 0 Å². The number of rotatable bonds is 7. The standard InChI is InChI=1S/C29H32N4O2.C2H7N.C2H6/c1-20-11-12-26(19-32-28(21(2)34)22-8-4-3-5-9-22)30-15-13-23-17-25(18-24(23)16-20)29(35)33-27-10-6-7-14-31-27;1-2-3;1-2/h3-14,16,20,25,28,32H,15,17-19H2,1-2H3,(H,31,33,35);2-3H2,1H3;1-2H3/b12-11-,23-13-,24-16-,30-26?;;/t20?,25-,28?;;/m0../s1. The molecule has 2 aliphatic rings. The number of fused-ring (bicyclic) bond motifs is 1. The van der Waals surface area contributed by atoms with E-state index in [2.05, 4.69) is 40.8 Å². The van der Waals surface area contributed by atoms with Crippen molar-refractivity contribution in [3.63, 3.8) is 0 Å². The molecule has 2 unspecified atom stereocenters. The number of benzene rings is 1. The van der Waals surface area contributed by atoms with Crippen molar-refractivity contribution in [1.82, 2.24) is 10.3 Å². The van der Waals surface area contributed by atoms with Gasteiger partial charge in [0, 0.05) is 24.4 Å². The number of hydrogen-bond acceptors (Lipinski definition) is 6. The van der Waals surface area contributed by atoms with Crippen LogP contribution in [-0.2, 0) is 9.59 Å². The van der Waals surface area contributed by atoms with Crippen molar-refractivity contribution in [3.8, 4) is 0 Å². The molecule has 0 saturated heterocycles. The molecule has 0 radical (unpaired) electrons. The van der Waals surface area contributed by atoms with Crippen molar-refractivity contribution < 1.29 is 9.59 Å². The Balaban J connectivity index is 0.00000105. The summed E-state index contributed by atoms with van der Waals surface area (Å²) in [4.78, 5) is 34.1. The lowest BCUT2D eigenvalue weighted by Crippen LogP contribution is -2.31. The third-order valence-electron chi connectivity index (χ3n) is 6.35. The highest BCUT2D eigenvalue weighted by molar-refractivity contribution is 5.97. The number of nitrogens with two attached hydrogens (primary N) is 1. The Hall–Kier alpha value is -3.68. The van der Waals surface area contributed by atoms with Crippen LogP contribution in [0.5, 0.6) is 0 Å². The number of hydrogen-bond donors (Lipinski definition) is 3. The Labute approximate surface area is 239 Å². The summed E-state index contributed by atoms with van der Waals surface area (Å²) in [7, 11) is 0. The van der Waals surface area contributed by atoms with Crippen LogP contribution < -0.4 is 16.4 Å². The van der Waals surface area contributed by atoms with Crippen molar-refractivity contribution in [2.24, 2.45) is 22.6 Å². The first kappa shape index (κ1) is 32.5. The molecule has 7 nitrogen and oxygen atoms in total. The summed E-state index contributed by atoms with van der Waals surface area (Å²) in [5.41, 5.74) is 9.11. The topological polar surface area (TPSA) is 109 Å². The van der Waals surface area contributed by atoms with Gasteiger partial charge in [-0.2, -0.15) is 0 Å². The molecule has 2 heterocycles. The Morgan fingerprint density at radius 3 is 2.38 bits per heavy atom. The number of ketones is 1. The number of aromatic nitrogens is 1. The van der Waals surface area contributed by atoms with Gasteiger partial charge in [0.25, 0.3) is 0 Å². The summed E-state index contributed by atoms with van der Waals surface area (Å²) in [6, 6.07) is 14.9. The van der Waals surface area contributed by atoms with Gasteiger partial charge in [0.1, 0.15) is 5.82 Å². The second-order valence-corrected chi connectivity index (χ2v) is 9.52. The number of carbonyl (C=O) groups excluding carboxylic acids is 2. The fraction of sp³-hybridized carbons (Fsp3) is 0.394. The summed E-state index contributed by atoms with van der Waals surface area (Å²) in [6.45, 7) is 11.4. The molecule has 40 heavy (non-hydrogen) atoms. The molecule has 1 fully saturated rings. The second-order valence-electron chi connectivity index (χ2n) is 9.52. The smallest absolute Gasteiger partial charge is 0.229 e. The molecule has 1 aliphatic heterocycles. The Morgan fingerprint density at radius 1 is 1.05 bits per heavy atom.